The standard InChI is InChI=1S/C53H36/c1-53(2)49-28-27-36(31-47(49)48-29-33-15-3-4-16-34(33)32-50(48)53)51-42-23-11-13-25-44(42)52(45-26-14-12-24-43(45)51)41-22-10-9-21-40(41)46-30-35-17-5-6-18-37(35)38-19-7-8-20-39(38)46/h3-32H,1-2H3. The van der Waals surface area contributed by atoms with Crippen molar-refractivity contribution in [2.75, 3.05) is 0 Å². The third-order valence-corrected chi connectivity index (χ3v) is 12.0. The molecule has 53 heavy (non-hydrogen) atoms. The summed E-state index contributed by atoms with van der Waals surface area (Å²) in [5.74, 6) is 0. The highest BCUT2D eigenvalue weighted by molar-refractivity contribution is 6.23. The quantitative estimate of drug-likeness (QED) is 0.129. The molecule has 0 heterocycles. The van der Waals surface area contributed by atoms with Crippen molar-refractivity contribution < 1.29 is 0 Å². The highest BCUT2D eigenvalue weighted by atomic mass is 14.4. The molecule has 0 bridgehead atoms. The van der Waals surface area contributed by atoms with Gasteiger partial charge in [-0.25, -0.2) is 0 Å². The molecule has 0 fully saturated rings. The van der Waals surface area contributed by atoms with Crippen molar-refractivity contribution in [1.29, 1.82) is 0 Å². The Kier molecular flexibility index (Phi) is 6.40. The normalized spacial score (nSPS) is 13.2. The number of hydrogen-bond donors (Lipinski definition) is 0. The summed E-state index contributed by atoms with van der Waals surface area (Å²) in [6.45, 7) is 4.75. The Morgan fingerprint density at radius 3 is 1.43 bits per heavy atom. The highest BCUT2D eigenvalue weighted by Crippen LogP contribution is 2.53. The Bertz CT molecular complexity index is 3080. The summed E-state index contributed by atoms with van der Waals surface area (Å²) < 4.78 is 0. The predicted octanol–water partition coefficient (Wildman–Crippen LogP) is 14.8. The molecule has 0 amide bonds. The maximum Gasteiger partial charge on any atom is 0.0159 e. The van der Waals surface area contributed by atoms with Crippen LogP contribution in [0.4, 0.5) is 0 Å². The summed E-state index contributed by atoms with van der Waals surface area (Å²) in [5.41, 5.74) is 13.0. The highest BCUT2D eigenvalue weighted by Gasteiger charge is 2.36. The van der Waals surface area contributed by atoms with E-state index in [9.17, 15) is 0 Å². The van der Waals surface area contributed by atoms with E-state index in [0.717, 1.165) is 0 Å². The fourth-order valence-corrected chi connectivity index (χ4v) is 9.54. The summed E-state index contributed by atoms with van der Waals surface area (Å²) >= 11 is 0. The zero-order chi connectivity index (χ0) is 35.3. The monoisotopic (exact) mass is 672 g/mol. The SMILES string of the molecule is CC1(C)c2ccc(-c3c4ccccc4c(-c4ccccc4-c4cc5ccccc5c5ccccc45)c4ccccc34)cc2-c2cc3ccccc3cc21. The first-order valence-electron chi connectivity index (χ1n) is 18.7. The molecule has 0 aromatic heterocycles. The summed E-state index contributed by atoms with van der Waals surface area (Å²) in [6, 6.07) is 68.0. The summed E-state index contributed by atoms with van der Waals surface area (Å²) in [7, 11) is 0. The maximum absolute atomic E-state index is 2.47. The molecule has 0 radical (unpaired) electrons. The lowest BCUT2D eigenvalue weighted by molar-refractivity contribution is 0.661. The van der Waals surface area contributed by atoms with Gasteiger partial charge in [-0.3, -0.25) is 0 Å². The second-order valence-corrected chi connectivity index (χ2v) is 15.2. The molecule has 0 unspecified atom stereocenters. The summed E-state index contributed by atoms with van der Waals surface area (Å²) in [5, 5.41) is 12.8. The minimum absolute atomic E-state index is 0.0716. The largest absolute Gasteiger partial charge is 0.0616 e. The predicted molar refractivity (Wildman–Crippen MR) is 228 cm³/mol. The lowest BCUT2D eigenvalue weighted by Gasteiger charge is -2.22. The van der Waals surface area contributed by atoms with Crippen LogP contribution in [0.2, 0.25) is 0 Å². The molecule has 11 rings (SSSR count). The van der Waals surface area contributed by atoms with Crippen LogP contribution in [0.1, 0.15) is 25.0 Å². The third-order valence-electron chi connectivity index (χ3n) is 12.0. The molecule has 0 atom stereocenters. The van der Waals surface area contributed by atoms with Crippen molar-refractivity contribution in [3.63, 3.8) is 0 Å². The second kappa shape index (κ2) is 11.2. The first-order valence-corrected chi connectivity index (χ1v) is 18.7. The van der Waals surface area contributed by atoms with Crippen molar-refractivity contribution in [1.82, 2.24) is 0 Å². The number of rotatable bonds is 3. The molecular weight excluding hydrogens is 637 g/mol. The number of hydrogen-bond acceptors (Lipinski definition) is 0. The molecule has 0 nitrogen and oxygen atoms in total. The van der Waals surface area contributed by atoms with Gasteiger partial charge in [-0.05, 0) is 134 Å². The molecule has 10 aromatic rings. The molecule has 248 valence electrons. The smallest absolute Gasteiger partial charge is 0.0159 e. The van der Waals surface area contributed by atoms with Gasteiger partial charge >= 0.3 is 0 Å². The average molecular weight is 673 g/mol. The molecule has 0 saturated carbocycles. The van der Waals surface area contributed by atoms with Crippen molar-refractivity contribution >= 4 is 53.9 Å². The number of fused-ring (bicyclic) bond motifs is 9. The second-order valence-electron chi connectivity index (χ2n) is 15.2. The maximum atomic E-state index is 2.47. The van der Waals surface area contributed by atoms with Gasteiger partial charge in [0.25, 0.3) is 0 Å². The van der Waals surface area contributed by atoms with Gasteiger partial charge in [-0.15, -0.1) is 0 Å². The average Bonchev–Trinajstić information content (AvgIpc) is 3.43. The Balaban J connectivity index is 1.19. The number of benzene rings is 10. The molecule has 0 spiro atoms. The van der Waals surface area contributed by atoms with E-state index in [0.29, 0.717) is 0 Å². The lowest BCUT2D eigenvalue weighted by Crippen LogP contribution is -2.14. The fraction of sp³-hybridized carbons (Fsp3) is 0.0566. The van der Waals surface area contributed by atoms with Gasteiger partial charge < -0.3 is 0 Å². The zero-order valence-electron chi connectivity index (χ0n) is 29.8. The van der Waals surface area contributed by atoms with Crippen molar-refractivity contribution in [2.45, 2.75) is 19.3 Å². The molecule has 10 aromatic carbocycles. The van der Waals surface area contributed by atoms with Gasteiger partial charge in [-0.1, -0.05) is 172 Å². The van der Waals surface area contributed by atoms with Crippen LogP contribution in [-0.4, -0.2) is 0 Å². The van der Waals surface area contributed by atoms with Crippen molar-refractivity contribution in [3.8, 4) is 44.5 Å². The molecule has 1 aliphatic carbocycles. The molecule has 0 N–H and O–H groups in total. The van der Waals surface area contributed by atoms with Crippen LogP contribution >= 0.6 is 0 Å². The minimum Gasteiger partial charge on any atom is -0.0616 e. The molecule has 0 saturated heterocycles. The van der Waals surface area contributed by atoms with Gasteiger partial charge in [0.05, 0.1) is 0 Å². The van der Waals surface area contributed by atoms with Gasteiger partial charge in [0.15, 0.2) is 0 Å². The minimum atomic E-state index is -0.0716. The molecule has 1 aliphatic rings. The van der Waals surface area contributed by atoms with Gasteiger partial charge in [0.1, 0.15) is 0 Å². The Hall–Kier alpha value is -6.50. The van der Waals surface area contributed by atoms with Crippen LogP contribution in [-0.2, 0) is 5.41 Å². The zero-order valence-corrected chi connectivity index (χ0v) is 29.8. The topological polar surface area (TPSA) is 0 Å². The van der Waals surface area contributed by atoms with Crippen LogP contribution in [0, 0.1) is 0 Å². The summed E-state index contributed by atoms with van der Waals surface area (Å²) in [4.78, 5) is 0. The fourth-order valence-electron chi connectivity index (χ4n) is 9.54. The van der Waals surface area contributed by atoms with Crippen LogP contribution in [0.25, 0.3) is 98.4 Å². The van der Waals surface area contributed by atoms with Crippen molar-refractivity contribution in [3.05, 3.63) is 193 Å². The van der Waals surface area contributed by atoms with E-state index in [2.05, 4.69) is 196 Å². The molecule has 0 heteroatoms. The summed E-state index contributed by atoms with van der Waals surface area (Å²) in [6.07, 6.45) is 0. The Morgan fingerprint density at radius 2 is 0.755 bits per heavy atom. The molecular formula is C53H36. The van der Waals surface area contributed by atoms with Crippen LogP contribution < -0.4 is 0 Å². The van der Waals surface area contributed by atoms with Crippen molar-refractivity contribution in [2.24, 2.45) is 0 Å². The van der Waals surface area contributed by atoms with Gasteiger partial charge in [0, 0.05) is 5.41 Å². The Labute approximate surface area is 309 Å². The Morgan fingerprint density at radius 1 is 0.283 bits per heavy atom. The van der Waals surface area contributed by atoms with Crippen LogP contribution in [0.5, 0.6) is 0 Å². The van der Waals surface area contributed by atoms with E-state index in [1.165, 1.54) is 109 Å². The van der Waals surface area contributed by atoms with Gasteiger partial charge in [-0.2, -0.15) is 0 Å². The lowest BCUT2D eigenvalue weighted by atomic mass is 9.80. The van der Waals surface area contributed by atoms with E-state index in [1.807, 2.05) is 0 Å². The van der Waals surface area contributed by atoms with E-state index < -0.39 is 0 Å². The van der Waals surface area contributed by atoms with E-state index in [4.69, 9.17) is 0 Å². The van der Waals surface area contributed by atoms with E-state index in [1.54, 1.807) is 0 Å². The first kappa shape index (κ1) is 30.2. The molecule has 0 aliphatic heterocycles. The van der Waals surface area contributed by atoms with E-state index in [-0.39, 0.29) is 5.41 Å². The van der Waals surface area contributed by atoms with E-state index >= 15 is 0 Å². The van der Waals surface area contributed by atoms with Crippen LogP contribution in [0.3, 0.4) is 0 Å². The first-order chi connectivity index (χ1) is 26.1. The van der Waals surface area contributed by atoms with Crippen LogP contribution in [0.15, 0.2) is 182 Å². The third kappa shape index (κ3) is 4.36. The van der Waals surface area contributed by atoms with Gasteiger partial charge in [0.2, 0.25) is 0 Å².